The van der Waals surface area contributed by atoms with Crippen LogP contribution in [-0.2, 0) is 0 Å². The van der Waals surface area contributed by atoms with E-state index >= 15 is 0 Å². The van der Waals surface area contributed by atoms with Crippen molar-refractivity contribution in [2.45, 2.75) is 51.8 Å². The maximum Gasteiger partial charge on any atom is 0.00754 e. The summed E-state index contributed by atoms with van der Waals surface area (Å²) in [7, 11) is 0. The Balaban J connectivity index is 2.69. The van der Waals surface area contributed by atoms with Gasteiger partial charge in [0, 0.05) is 11.3 Å². The summed E-state index contributed by atoms with van der Waals surface area (Å²) >= 11 is 2.02. The van der Waals surface area contributed by atoms with Crippen LogP contribution in [0.4, 0.5) is 0 Å². The first-order chi connectivity index (χ1) is 6.36. The average Bonchev–Trinajstić information content (AvgIpc) is 2.02. The summed E-state index contributed by atoms with van der Waals surface area (Å²) in [5, 5.41) is 0.819. The van der Waals surface area contributed by atoms with Crippen molar-refractivity contribution in [3.63, 3.8) is 0 Å². The standard InChI is InChI=1S/C12H25NS/c1-8-6-10(13)9(12(2,3)4)7-11(8)14-5/h8-11H,6-7,13H2,1-5H3. The fourth-order valence-corrected chi connectivity index (χ4v) is 3.70. The maximum absolute atomic E-state index is 6.26. The Kier molecular flexibility index (Phi) is 3.93. The first kappa shape index (κ1) is 12.4. The van der Waals surface area contributed by atoms with Crippen LogP contribution in [0.25, 0.3) is 0 Å². The van der Waals surface area contributed by atoms with Crippen LogP contribution in [-0.4, -0.2) is 17.5 Å². The number of hydrogen-bond acceptors (Lipinski definition) is 2. The Morgan fingerprint density at radius 2 is 1.79 bits per heavy atom. The Morgan fingerprint density at radius 1 is 1.21 bits per heavy atom. The van der Waals surface area contributed by atoms with Gasteiger partial charge in [0.05, 0.1) is 0 Å². The van der Waals surface area contributed by atoms with E-state index < -0.39 is 0 Å². The van der Waals surface area contributed by atoms with Crippen LogP contribution in [0.3, 0.4) is 0 Å². The first-order valence-electron chi connectivity index (χ1n) is 5.64. The molecule has 0 aromatic heterocycles. The summed E-state index contributed by atoms with van der Waals surface area (Å²) in [5.74, 6) is 1.48. The lowest BCUT2D eigenvalue weighted by Gasteiger charge is -2.44. The molecule has 1 rings (SSSR count). The van der Waals surface area contributed by atoms with Gasteiger partial charge in [-0.1, -0.05) is 27.7 Å². The van der Waals surface area contributed by atoms with Crippen molar-refractivity contribution in [3.05, 3.63) is 0 Å². The molecular weight excluding hydrogens is 190 g/mol. The normalized spacial score (nSPS) is 39.9. The van der Waals surface area contributed by atoms with Crippen LogP contribution in [0.5, 0.6) is 0 Å². The van der Waals surface area contributed by atoms with Crippen LogP contribution in [0, 0.1) is 17.3 Å². The molecule has 1 saturated carbocycles. The quantitative estimate of drug-likeness (QED) is 0.727. The highest BCUT2D eigenvalue weighted by atomic mass is 32.2. The van der Waals surface area contributed by atoms with E-state index in [-0.39, 0.29) is 0 Å². The lowest BCUT2D eigenvalue weighted by Crippen LogP contribution is -2.46. The van der Waals surface area contributed by atoms with Crippen molar-refractivity contribution in [2.24, 2.45) is 23.0 Å². The summed E-state index contributed by atoms with van der Waals surface area (Å²) < 4.78 is 0. The van der Waals surface area contributed by atoms with Gasteiger partial charge in [0.2, 0.25) is 0 Å². The molecule has 0 saturated heterocycles. The molecule has 14 heavy (non-hydrogen) atoms. The van der Waals surface area contributed by atoms with Crippen LogP contribution in [0.1, 0.15) is 40.5 Å². The van der Waals surface area contributed by atoms with Gasteiger partial charge in [0.15, 0.2) is 0 Å². The summed E-state index contributed by atoms with van der Waals surface area (Å²) in [4.78, 5) is 0. The van der Waals surface area contributed by atoms with Crippen molar-refractivity contribution in [3.8, 4) is 0 Å². The van der Waals surface area contributed by atoms with Crippen molar-refractivity contribution in [1.29, 1.82) is 0 Å². The third-order valence-electron chi connectivity index (χ3n) is 3.70. The molecule has 0 radical (unpaired) electrons. The van der Waals surface area contributed by atoms with Crippen molar-refractivity contribution >= 4 is 11.8 Å². The molecule has 0 bridgehead atoms. The first-order valence-corrected chi connectivity index (χ1v) is 6.93. The van der Waals surface area contributed by atoms with Gasteiger partial charge in [-0.2, -0.15) is 11.8 Å². The highest BCUT2D eigenvalue weighted by Crippen LogP contribution is 2.42. The molecule has 0 spiro atoms. The zero-order chi connectivity index (χ0) is 10.9. The molecule has 1 fully saturated rings. The van der Waals surface area contributed by atoms with E-state index in [9.17, 15) is 0 Å². The molecule has 0 aromatic carbocycles. The van der Waals surface area contributed by atoms with Crippen LogP contribution in [0.2, 0.25) is 0 Å². The SMILES string of the molecule is CSC1CC(C(C)(C)C)C(N)CC1C. The average molecular weight is 215 g/mol. The molecular formula is C12H25NS. The van der Waals surface area contributed by atoms with E-state index in [0.717, 1.165) is 11.2 Å². The second kappa shape index (κ2) is 4.44. The van der Waals surface area contributed by atoms with Gasteiger partial charge in [-0.05, 0) is 36.3 Å². The number of thioether (sulfide) groups is 1. The Labute approximate surface area is 93.2 Å². The second-order valence-electron chi connectivity index (χ2n) is 5.86. The van der Waals surface area contributed by atoms with Gasteiger partial charge in [-0.25, -0.2) is 0 Å². The third kappa shape index (κ3) is 2.66. The monoisotopic (exact) mass is 215 g/mol. The molecule has 4 atom stereocenters. The fourth-order valence-electron chi connectivity index (χ4n) is 2.73. The lowest BCUT2D eigenvalue weighted by atomic mass is 9.67. The summed E-state index contributed by atoms with van der Waals surface area (Å²) in [5.41, 5.74) is 6.63. The highest BCUT2D eigenvalue weighted by Gasteiger charge is 2.38. The molecule has 1 aliphatic rings. The molecule has 84 valence electrons. The summed E-state index contributed by atoms with van der Waals surface area (Å²) in [6.45, 7) is 9.32. The molecule has 2 heteroatoms. The molecule has 0 amide bonds. The predicted molar refractivity (Wildman–Crippen MR) is 66.6 cm³/mol. The van der Waals surface area contributed by atoms with Gasteiger partial charge < -0.3 is 5.73 Å². The van der Waals surface area contributed by atoms with Crippen molar-refractivity contribution in [2.75, 3.05) is 6.26 Å². The number of nitrogens with two attached hydrogens (primary N) is 1. The molecule has 4 unspecified atom stereocenters. The molecule has 1 nitrogen and oxygen atoms in total. The van der Waals surface area contributed by atoms with Gasteiger partial charge >= 0.3 is 0 Å². The summed E-state index contributed by atoms with van der Waals surface area (Å²) in [6.07, 6.45) is 4.73. The largest absolute Gasteiger partial charge is 0.327 e. The molecule has 1 aliphatic carbocycles. The van der Waals surface area contributed by atoms with E-state index in [0.29, 0.717) is 17.4 Å². The van der Waals surface area contributed by atoms with E-state index in [1.165, 1.54) is 12.8 Å². The zero-order valence-corrected chi connectivity index (χ0v) is 11.0. The van der Waals surface area contributed by atoms with Crippen LogP contribution in [0.15, 0.2) is 0 Å². The van der Waals surface area contributed by atoms with Crippen molar-refractivity contribution in [1.82, 2.24) is 0 Å². The van der Waals surface area contributed by atoms with Crippen LogP contribution >= 0.6 is 11.8 Å². The van der Waals surface area contributed by atoms with Crippen molar-refractivity contribution < 1.29 is 0 Å². The van der Waals surface area contributed by atoms with Gasteiger partial charge in [-0.3, -0.25) is 0 Å². The highest BCUT2D eigenvalue weighted by molar-refractivity contribution is 7.99. The lowest BCUT2D eigenvalue weighted by molar-refractivity contribution is 0.134. The predicted octanol–water partition coefficient (Wildman–Crippen LogP) is 3.14. The number of hydrogen-bond donors (Lipinski definition) is 1. The fraction of sp³-hybridized carbons (Fsp3) is 1.00. The minimum absolute atomic E-state index is 0.369. The van der Waals surface area contributed by atoms with Crippen LogP contribution < -0.4 is 5.73 Å². The molecule has 2 N–H and O–H groups in total. The summed E-state index contributed by atoms with van der Waals surface area (Å²) in [6, 6.07) is 0.411. The van der Waals surface area contributed by atoms with E-state index in [4.69, 9.17) is 5.73 Å². The maximum atomic E-state index is 6.26. The molecule has 0 aliphatic heterocycles. The van der Waals surface area contributed by atoms with E-state index in [2.05, 4.69) is 34.0 Å². The second-order valence-corrected chi connectivity index (χ2v) is 6.94. The minimum atomic E-state index is 0.369. The number of rotatable bonds is 1. The molecule has 0 aromatic rings. The van der Waals surface area contributed by atoms with E-state index in [1.54, 1.807) is 0 Å². The Morgan fingerprint density at radius 3 is 2.21 bits per heavy atom. The molecule has 0 heterocycles. The zero-order valence-electron chi connectivity index (χ0n) is 10.2. The van der Waals surface area contributed by atoms with Gasteiger partial charge in [-0.15, -0.1) is 0 Å². The topological polar surface area (TPSA) is 26.0 Å². The smallest absolute Gasteiger partial charge is 0.00754 e. The Hall–Kier alpha value is 0.310. The van der Waals surface area contributed by atoms with Gasteiger partial charge in [0.25, 0.3) is 0 Å². The van der Waals surface area contributed by atoms with E-state index in [1.807, 2.05) is 11.8 Å². The third-order valence-corrected chi connectivity index (χ3v) is 4.96. The van der Waals surface area contributed by atoms with Gasteiger partial charge in [0.1, 0.15) is 0 Å². The minimum Gasteiger partial charge on any atom is -0.327 e. The Bertz CT molecular complexity index is 185.